The molecule has 1 fully saturated rings. The average Bonchev–Trinajstić information content (AvgIpc) is 3.30. The summed E-state index contributed by atoms with van der Waals surface area (Å²) < 4.78 is 42.6. The molecule has 0 aliphatic carbocycles. The number of sulfonamides is 1. The van der Waals surface area contributed by atoms with Gasteiger partial charge < -0.3 is 24.8 Å². The predicted octanol–water partition coefficient (Wildman–Crippen LogP) is 0.623. The number of carbonyl (C=O) groups excluding carboxylic acids is 2. The lowest BCUT2D eigenvalue weighted by Crippen LogP contribution is -2.41. The average molecular weight is 476 g/mol. The van der Waals surface area contributed by atoms with Gasteiger partial charge in [-0.25, -0.2) is 8.42 Å². The predicted molar refractivity (Wildman–Crippen MR) is 118 cm³/mol. The summed E-state index contributed by atoms with van der Waals surface area (Å²) in [6.45, 7) is 1.48. The second kappa shape index (κ2) is 10.2. The van der Waals surface area contributed by atoms with Crippen LogP contribution in [0.25, 0.3) is 0 Å². The van der Waals surface area contributed by atoms with Crippen LogP contribution in [-0.2, 0) is 31.9 Å². The van der Waals surface area contributed by atoms with Crippen LogP contribution in [0.5, 0.6) is 11.5 Å². The highest BCUT2D eigenvalue weighted by molar-refractivity contribution is 7.88. The van der Waals surface area contributed by atoms with Gasteiger partial charge >= 0.3 is 0 Å². The maximum absolute atomic E-state index is 12.7. The fraction of sp³-hybridized carbons (Fsp3) is 0.364. The molecule has 33 heavy (non-hydrogen) atoms. The first kappa shape index (κ1) is 23.0. The lowest BCUT2D eigenvalue weighted by molar-refractivity contribution is -0.120. The zero-order valence-electron chi connectivity index (χ0n) is 17.9. The summed E-state index contributed by atoms with van der Waals surface area (Å²) >= 11 is 0. The third-order valence-electron chi connectivity index (χ3n) is 5.34. The van der Waals surface area contributed by atoms with E-state index in [0.29, 0.717) is 54.5 Å². The Bertz CT molecular complexity index is 1130. The molecule has 2 amide bonds. The number of hydrogen-bond acceptors (Lipinski definition) is 7. The number of amides is 2. The molecule has 4 rings (SSSR count). The van der Waals surface area contributed by atoms with Crippen LogP contribution in [0.4, 0.5) is 0 Å². The number of nitrogens with one attached hydrogen (secondary N) is 2. The Morgan fingerprint density at radius 3 is 2.45 bits per heavy atom. The van der Waals surface area contributed by atoms with Crippen LogP contribution in [0.2, 0.25) is 0 Å². The fourth-order valence-corrected chi connectivity index (χ4v) is 5.10. The number of hydrogen-bond donors (Lipinski definition) is 2. The van der Waals surface area contributed by atoms with Crippen molar-refractivity contribution in [2.75, 3.05) is 39.6 Å². The zero-order chi connectivity index (χ0) is 23.3. The summed E-state index contributed by atoms with van der Waals surface area (Å²) in [5, 5.41) is 5.29. The van der Waals surface area contributed by atoms with Gasteiger partial charge in [0.1, 0.15) is 0 Å². The van der Waals surface area contributed by atoms with Gasteiger partial charge in [-0.2, -0.15) is 4.31 Å². The van der Waals surface area contributed by atoms with Gasteiger partial charge in [-0.15, -0.1) is 0 Å². The van der Waals surface area contributed by atoms with Crippen LogP contribution >= 0.6 is 0 Å². The summed E-state index contributed by atoms with van der Waals surface area (Å²) in [5.74, 6) is 0.0876. The maximum atomic E-state index is 12.7. The van der Waals surface area contributed by atoms with Gasteiger partial charge in [-0.05, 0) is 29.3 Å². The van der Waals surface area contributed by atoms with Gasteiger partial charge in [0.15, 0.2) is 11.5 Å². The minimum Gasteiger partial charge on any atom is -0.454 e. The quantitative estimate of drug-likeness (QED) is 0.574. The molecule has 2 aromatic rings. The van der Waals surface area contributed by atoms with Crippen molar-refractivity contribution in [1.82, 2.24) is 14.9 Å². The number of rotatable bonds is 8. The van der Waals surface area contributed by atoms with Gasteiger partial charge in [0.25, 0.3) is 5.91 Å². The molecule has 176 valence electrons. The highest BCUT2D eigenvalue weighted by Gasteiger charge is 2.25. The smallest absolute Gasteiger partial charge is 0.251 e. The molecule has 2 aliphatic heterocycles. The van der Waals surface area contributed by atoms with E-state index in [2.05, 4.69) is 10.6 Å². The van der Waals surface area contributed by atoms with Crippen LogP contribution < -0.4 is 20.1 Å². The second-order valence-electron chi connectivity index (χ2n) is 7.56. The topological polar surface area (TPSA) is 123 Å². The van der Waals surface area contributed by atoms with Crippen LogP contribution in [0.15, 0.2) is 42.5 Å². The van der Waals surface area contributed by atoms with Crippen molar-refractivity contribution in [2.24, 2.45) is 0 Å². The molecule has 2 aromatic carbocycles. The molecule has 0 unspecified atom stereocenters. The van der Waals surface area contributed by atoms with E-state index in [1.54, 1.807) is 42.5 Å². The second-order valence-corrected chi connectivity index (χ2v) is 9.53. The summed E-state index contributed by atoms with van der Waals surface area (Å²) in [4.78, 5) is 24.6. The van der Waals surface area contributed by atoms with E-state index in [-0.39, 0.29) is 25.6 Å². The normalized spacial score (nSPS) is 15.8. The number of carbonyl (C=O) groups is 2. The van der Waals surface area contributed by atoms with E-state index < -0.39 is 21.8 Å². The van der Waals surface area contributed by atoms with E-state index in [0.717, 1.165) is 0 Å². The largest absolute Gasteiger partial charge is 0.454 e. The Morgan fingerprint density at radius 2 is 1.67 bits per heavy atom. The third kappa shape index (κ3) is 5.81. The highest BCUT2D eigenvalue weighted by atomic mass is 32.2. The van der Waals surface area contributed by atoms with Crippen molar-refractivity contribution in [3.05, 3.63) is 59.2 Å². The standard InChI is InChI=1S/C22H25N3O7S/c26-21(13-24-22(27)16-5-6-19-20(11-16)32-15-31-19)23-12-17-3-1-2-4-18(17)14-33(28,29)25-7-9-30-10-8-25/h1-6,11H,7-10,12-15H2,(H,23,26)(H,24,27). The summed E-state index contributed by atoms with van der Waals surface area (Å²) in [6.07, 6.45) is 0. The molecule has 0 aromatic heterocycles. The van der Waals surface area contributed by atoms with Gasteiger partial charge in [-0.1, -0.05) is 24.3 Å². The minimum absolute atomic E-state index is 0.109. The van der Waals surface area contributed by atoms with Crippen molar-refractivity contribution in [3.8, 4) is 11.5 Å². The molecule has 0 spiro atoms. The van der Waals surface area contributed by atoms with E-state index in [1.165, 1.54) is 4.31 Å². The van der Waals surface area contributed by atoms with Crippen molar-refractivity contribution in [3.63, 3.8) is 0 Å². The van der Waals surface area contributed by atoms with Crippen molar-refractivity contribution >= 4 is 21.8 Å². The highest BCUT2D eigenvalue weighted by Crippen LogP contribution is 2.32. The fourth-order valence-electron chi connectivity index (χ4n) is 3.54. The van der Waals surface area contributed by atoms with E-state index in [1.807, 2.05) is 0 Å². The van der Waals surface area contributed by atoms with Gasteiger partial charge in [0, 0.05) is 25.2 Å². The molecule has 0 radical (unpaired) electrons. The van der Waals surface area contributed by atoms with Gasteiger partial charge in [0.2, 0.25) is 22.7 Å². The monoisotopic (exact) mass is 475 g/mol. The minimum atomic E-state index is -3.49. The molecule has 0 atom stereocenters. The van der Waals surface area contributed by atoms with Crippen LogP contribution in [-0.4, -0.2) is 64.2 Å². The molecule has 10 nitrogen and oxygen atoms in total. The van der Waals surface area contributed by atoms with E-state index in [4.69, 9.17) is 14.2 Å². The molecule has 0 bridgehead atoms. The van der Waals surface area contributed by atoms with Gasteiger partial charge in [-0.3, -0.25) is 9.59 Å². The Labute approximate surface area is 191 Å². The maximum Gasteiger partial charge on any atom is 0.251 e. The molecule has 2 aliphatic rings. The molecule has 2 heterocycles. The SMILES string of the molecule is O=C(CNC(=O)c1ccc2c(c1)OCO2)NCc1ccccc1CS(=O)(=O)N1CCOCC1. The molecule has 1 saturated heterocycles. The number of benzene rings is 2. The lowest BCUT2D eigenvalue weighted by atomic mass is 10.1. The number of ether oxygens (including phenoxy) is 3. The first-order valence-corrected chi connectivity index (χ1v) is 12.1. The summed E-state index contributed by atoms with van der Waals surface area (Å²) in [7, 11) is -3.49. The number of morpholine rings is 1. The number of fused-ring (bicyclic) bond motifs is 1. The van der Waals surface area contributed by atoms with E-state index >= 15 is 0 Å². The molecular formula is C22H25N3O7S. The molecule has 2 N–H and O–H groups in total. The number of nitrogens with zero attached hydrogens (tertiary/aromatic N) is 1. The third-order valence-corrected chi connectivity index (χ3v) is 7.17. The molecule has 11 heteroatoms. The Morgan fingerprint density at radius 1 is 0.939 bits per heavy atom. The van der Waals surface area contributed by atoms with Crippen LogP contribution in [0, 0.1) is 0 Å². The molecular weight excluding hydrogens is 450 g/mol. The van der Waals surface area contributed by atoms with Crippen molar-refractivity contribution < 1.29 is 32.2 Å². The lowest BCUT2D eigenvalue weighted by Gasteiger charge is -2.26. The van der Waals surface area contributed by atoms with Crippen LogP contribution in [0.1, 0.15) is 21.5 Å². The zero-order valence-corrected chi connectivity index (χ0v) is 18.7. The summed E-state index contributed by atoms with van der Waals surface area (Å²) in [5.41, 5.74) is 1.67. The first-order valence-electron chi connectivity index (χ1n) is 10.5. The van der Waals surface area contributed by atoms with E-state index in [9.17, 15) is 18.0 Å². The Balaban J connectivity index is 1.30. The van der Waals surface area contributed by atoms with Crippen LogP contribution in [0.3, 0.4) is 0 Å². The van der Waals surface area contributed by atoms with Crippen molar-refractivity contribution in [2.45, 2.75) is 12.3 Å². The molecule has 0 saturated carbocycles. The Kier molecular flexibility index (Phi) is 7.11. The van der Waals surface area contributed by atoms with Crippen molar-refractivity contribution in [1.29, 1.82) is 0 Å². The Hall–Kier alpha value is -3.15. The first-order chi connectivity index (χ1) is 15.9. The summed E-state index contributed by atoms with van der Waals surface area (Å²) in [6, 6.07) is 11.8. The van der Waals surface area contributed by atoms with Gasteiger partial charge in [0.05, 0.1) is 25.5 Å².